The van der Waals surface area contributed by atoms with E-state index in [4.69, 9.17) is 11.6 Å². The molecule has 0 heterocycles. The molecule has 0 radical (unpaired) electrons. The smallest absolute Gasteiger partial charge is 0.307 e. The summed E-state index contributed by atoms with van der Waals surface area (Å²) in [7, 11) is 0. The molecule has 1 amide bonds. The van der Waals surface area contributed by atoms with Crippen molar-refractivity contribution in [3.8, 4) is 0 Å². The predicted molar refractivity (Wildman–Crippen MR) is 75.4 cm³/mol. The molecule has 2 aliphatic rings. The number of carbonyl (C=O) groups excluding carboxylic acids is 1. The van der Waals surface area contributed by atoms with E-state index in [9.17, 15) is 19.1 Å². The van der Waals surface area contributed by atoms with E-state index < -0.39 is 23.6 Å². The second-order valence-corrected chi connectivity index (χ2v) is 5.86. The second-order valence-electron chi connectivity index (χ2n) is 5.46. The lowest BCUT2D eigenvalue weighted by atomic mass is 9.82. The largest absolute Gasteiger partial charge is 0.481 e. The van der Waals surface area contributed by atoms with Gasteiger partial charge in [0.2, 0.25) is 5.91 Å². The van der Waals surface area contributed by atoms with Crippen LogP contribution in [0.1, 0.15) is 6.42 Å². The van der Waals surface area contributed by atoms with E-state index in [2.05, 4.69) is 5.32 Å². The SMILES string of the molecule is O=C(Nc1ccc(F)c(Cl)c1)[C@@H]1[C@@H](C(=O)O)[C@H]2C=C[C@@H]1C2. The Bertz CT molecular complexity index is 646. The van der Waals surface area contributed by atoms with Gasteiger partial charge in [-0.3, -0.25) is 9.59 Å². The highest BCUT2D eigenvalue weighted by Crippen LogP contribution is 2.48. The lowest BCUT2D eigenvalue weighted by Crippen LogP contribution is -2.36. The zero-order chi connectivity index (χ0) is 15.1. The molecule has 2 bridgehead atoms. The van der Waals surface area contributed by atoms with Crippen LogP contribution in [0.4, 0.5) is 10.1 Å². The fourth-order valence-electron chi connectivity index (χ4n) is 3.32. The van der Waals surface area contributed by atoms with Crippen LogP contribution in [0.2, 0.25) is 5.02 Å². The molecule has 0 aliphatic heterocycles. The highest BCUT2D eigenvalue weighted by atomic mass is 35.5. The van der Waals surface area contributed by atoms with Gasteiger partial charge in [-0.05, 0) is 36.5 Å². The van der Waals surface area contributed by atoms with Gasteiger partial charge in [0.1, 0.15) is 5.82 Å². The number of fused-ring (bicyclic) bond motifs is 2. The van der Waals surface area contributed by atoms with Gasteiger partial charge in [-0.1, -0.05) is 23.8 Å². The van der Waals surface area contributed by atoms with Crippen molar-refractivity contribution in [3.63, 3.8) is 0 Å². The molecule has 4 nitrogen and oxygen atoms in total. The third-order valence-corrected chi connectivity index (χ3v) is 4.52. The summed E-state index contributed by atoms with van der Waals surface area (Å²) in [6.45, 7) is 0. The molecule has 0 spiro atoms. The van der Waals surface area contributed by atoms with Crippen molar-refractivity contribution in [2.75, 3.05) is 5.32 Å². The monoisotopic (exact) mass is 309 g/mol. The van der Waals surface area contributed by atoms with Crippen molar-refractivity contribution >= 4 is 29.2 Å². The van der Waals surface area contributed by atoms with Crippen molar-refractivity contribution < 1.29 is 19.1 Å². The number of halogens is 2. The highest BCUT2D eigenvalue weighted by Gasteiger charge is 2.51. The molecule has 0 saturated heterocycles. The van der Waals surface area contributed by atoms with Crippen molar-refractivity contribution in [1.82, 2.24) is 0 Å². The summed E-state index contributed by atoms with van der Waals surface area (Å²) in [6.07, 6.45) is 4.48. The molecular formula is C15H13ClFNO3. The maximum absolute atomic E-state index is 13.1. The first-order valence-electron chi connectivity index (χ1n) is 6.64. The summed E-state index contributed by atoms with van der Waals surface area (Å²) in [5.41, 5.74) is 0.363. The van der Waals surface area contributed by atoms with E-state index in [1.165, 1.54) is 12.1 Å². The fourth-order valence-corrected chi connectivity index (χ4v) is 3.50. The Kier molecular flexibility index (Phi) is 3.45. The third-order valence-electron chi connectivity index (χ3n) is 4.23. The summed E-state index contributed by atoms with van der Waals surface area (Å²) < 4.78 is 13.1. The van der Waals surface area contributed by atoms with Crippen LogP contribution in [0.5, 0.6) is 0 Å². The Morgan fingerprint density at radius 3 is 2.52 bits per heavy atom. The molecule has 1 aromatic rings. The van der Waals surface area contributed by atoms with Crippen molar-refractivity contribution in [2.45, 2.75) is 6.42 Å². The van der Waals surface area contributed by atoms with Gasteiger partial charge in [0.05, 0.1) is 16.9 Å². The van der Waals surface area contributed by atoms with E-state index in [1.807, 2.05) is 12.2 Å². The first kappa shape index (κ1) is 14.1. The Hall–Kier alpha value is -1.88. The van der Waals surface area contributed by atoms with Crippen molar-refractivity contribution in [1.29, 1.82) is 0 Å². The standard InChI is InChI=1S/C15H13ClFNO3/c16-10-6-9(3-4-11(10)17)18-14(19)12-7-1-2-8(5-7)13(12)15(20)21/h1-4,6-8,12-13H,5H2,(H,18,19)(H,20,21)/t7-,8+,12+,13+/m1/s1. The van der Waals surface area contributed by atoms with Gasteiger partial charge in [-0.2, -0.15) is 0 Å². The summed E-state index contributed by atoms with van der Waals surface area (Å²) in [5, 5.41) is 11.9. The van der Waals surface area contributed by atoms with Crippen LogP contribution < -0.4 is 5.32 Å². The number of benzene rings is 1. The van der Waals surface area contributed by atoms with Gasteiger partial charge >= 0.3 is 5.97 Å². The van der Waals surface area contributed by atoms with Crippen molar-refractivity contribution in [3.05, 3.63) is 41.2 Å². The summed E-state index contributed by atoms with van der Waals surface area (Å²) >= 11 is 5.67. The van der Waals surface area contributed by atoms with E-state index in [0.717, 1.165) is 6.07 Å². The number of rotatable bonds is 3. The topological polar surface area (TPSA) is 66.4 Å². The molecule has 1 fully saturated rings. The van der Waals surface area contributed by atoms with E-state index in [0.29, 0.717) is 12.1 Å². The lowest BCUT2D eigenvalue weighted by molar-refractivity contribution is -0.146. The number of amides is 1. The van der Waals surface area contributed by atoms with Crippen LogP contribution in [0.15, 0.2) is 30.4 Å². The number of nitrogens with one attached hydrogen (secondary N) is 1. The minimum absolute atomic E-state index is 0.0491. The average Bonchev–Trinajstić information content (AvgIpc) is 3.03. The summed E-state index contributed by atoms with van der Waals surface area (Å²) in [5.74, 6) is -3.31. The van der Waals surface area contributed by atoms with Gasteiger partial charge in [0, 0.05) is 5.69 Å². The molecule has 4 atom stereocenters. The first-order valence-corrected chi connectivity index (χ1v) is 7.02. The number of carboxylic acid groups (broad SMARTS) is 1. The van der Waals surface area contributed by atoms with E-state index in [1.54, 1.807) is 0 Å². The molecule has 21 heavy (non-hydrogen) atoms. The Morgan fingerprint density at radius 1 is 1.24 bits per heavy atom. The van der Waals surface area contributed by atoms with Gasteiger partial charge < -0.3 is 10.4 Å². The quantitative estimate of drug-likeness (QED) is 0.844. The maximum Gasteiger partial charge on any atom is 0.307 e. The van der Waals surface area contributed by atoms with Crippen LogP contribution in [0, 0.1) is 29.5 Å². The molecule has 2 N–H and O–H groups in total. The highest BCUT2D eigenvalue weighted by molar-refractivity contribution is 6.31. The minimum Gasteiger partial charge on any atom is -0.481 e. The summed E-state index contributed by atoms with van der Waals surface area (Å²) in [4.78, 5) is 23.7. The number of aliphatic carboxylic acids is 1. The predicted octanol–water partition coefficient (Wildman–Crippen LogP) is 2.94. The zero-order valence-electron chi connectivity index (χ0n) is 10.9. The number of hydrogen-bond acceptors (Lipinski definition) is 2. The lowest BCUT2D eigenvalue weighted by Gasteiger charge is -2.23. The van der Waals surface area contributed by atoms with E-state index in [-0.39, 0.29) is 22.8 Å². The van der Waals surface area contributed by atoms with Crippen LogP contribution in [-0.2, 0) is 9.59 Å². The zero-order valence-corrected chi connectivity index (χ0v) is 11.7. The third kappa shape index (κ3) is 2.42. The molecule has 1 aromatic carbocycles. The molecule has 6 heteroatoms. The van der Waals surface area contributed by atoms with Crippen molar-refractivity contribution in [2.24, 2.45) is 23.7 Å². The Labute approximate surface area is 125 Å². The van der Waals surface area contributed by atoms with E-state index >= 15 is 0 Å². The van der Waals surface area contributed by atoms with Crippen LogP contribution in [0.25, 0.3) is 0 Å². The Balaban J connectivity index is 1.80. The van der Waals surface area contributed by atoms with Crippen LogP contribution in [0.3, 0.4) is 0 Å². The molecule has 110 valence electrons. The van der Waals surface area contributed by atoms with Gasteiger partial charge in [0.25, 0.3) is 0 Å². The fraction of sp³-hybridized carbons (Fsp3) is 0.333. The normalized spacial score (nSPS) is 29.6. The average molecular weight is 310 g/mol. The number of carboxylic acids is 1. The summed E-state index contributed by atoms with van der Waals surface area (Å²) in [6, 6.07) is 3.87. The number of hydrogen-bond donors (Lipinski definition) is 2. The first-order chi connectivity index (χ1) is 9.97. The minimum atomic E-state index is -0.955. The molecule has 2 aliphatic carbocycles. The molecular weight excluding hydrogens is 297 g/mol. The molecule has 0 unspecified atom stereocenters. The molecule has 3 rings (SSSR count). The van der Waals surface area contributed by atoms with Crippen LogP contribution >= 0.6 is 11.6 Å². The molecule has 0 aromatic heterocycles. The van der Waals surface area contributed by atoms with Gasteiger partial charge in [-0.15, -0.1) is 0 Å². The molecule has 1 saturated carbocycles. The van der Waals surface area contributed by atoms with Crippen LogP contribution in [-0.4, -0.2) is 17.0 Å². The van der Waals surface area contributed by atoms with Gasteiger partial charge in [0.15, 0.2) is 0 Å². The number of allylic oxidation sites excluding steroid dienone is 2. The maximum atomic E-state index is 13.1. The second kappa shape index (κ2) is 5.15. The Morgan fingerprint density at radius 2 is 1.90 bits per heavy atom. The van der Waals surface area contributed by atoms with Gasteiger partial charge in [-0.25, -0.2) is 4.39 Å². The number of anilines is 1. The number of carbonyl (C=O) groups is 2.